The maximum Gasteiger partial charge on any atom is 0.251 e. The summed E-state index contributed by atoms with van der Waals surface area (Å²) >= 11 is 0. The molecule has 2 unspecified atom stereocenters. The van der Waals surface area contributed by atoms with Gasteiger partial charge in [0.2, 0.25) is 5.91 Å². The highest BCUT2D eigenvalue weighted by Crippen LogP contribution is 2.32. The van der Waals surface area contributed by atoms with E-state index in [1.807, 2.05) is 36.4 Å². The minimum absolute atomic E-state index is 0.0930. The summed E-state index contributed by atoms with van der Waals surface area (Å²) in [6.45, 7) is 0. The van der Waals surface area contributed by atoms with Gasteiger partial charge in [-0.15, -0.1) is 0 Å². The van der Waals surface area contributed by atoms with Gasteiger partial charge in [0.1, 0.15) is 0 Å². The van der Waals surface area contributed by atoms with Crippen molar-refractivity contribution in [2.45, 2.75) is 31.4 Å². The van der Waals surface area contributed by atoms with Gasteiger partial charge >= 0.3 is 0 Å². The number of aliphatic hydroxyl groups excluding tert-OH is 1. The first-order valence-corrected chi connectivity index (χ1v) is 8.51. The number of nitrogens with one attached hydrogen (secondary N) is 1. The fourth-order valence-corrected chi connectivity index (χ4v) is 3.77. The van der Waals surface area contributed by atoms with E-state index >= 15 is 0 Å². The smallest absolute Gasteiger partial charge is 0.251 e. The monoisotopic (exact) mass is 336 g/mol. The van der Waals surface area contributed by atoms with Crippen LogP contribution in [-0.2, 0) is 17.6 Å². The molecule has 0 fully saturated rings. The third-order valence-corrected chi connectivity index (χ3v) is 5.18. The van der Waals surface area contributed by atoms with Crippen LogP contribution >= 0.6 is 0 Å². The van der Waals surface area contributed by atoms with Gasteiger partial charge < -0.3 is 15.3 Å². The molecule has 5 heteroatoms. The van der Waals surface area contributed by atoms with Crippen LogP contribution in [-0.4, -0.2) is 30.1 Å². The molecule has 2 aromatic rings. The lowest BCUT2D eigenvalue weighted by molar-refractivity contribution is -0.118. The molecule has 4 rings (SSSR count). The zero-order valence-electron chi connectivity index (χ0n) is 14.0. The van der Waals surface area contributed by atoms with Gasteiger partial charge in [-0.3, -0.25) is 9.59 Å². The van der Waals surface area contributed by atoms with Crippen molar-refractivity contribution in [3.05, 3.63) is 64.7 Å². The molecule has 2 atom stereocenters. The lowest BCUT2D eigenvalue weighted by Crippen LogP contribution is -2.34. The van der Waals surface area contributed by atoms with Crippen molar-refractivity contribution < 1.29 is 14.7 Å². The summed E-state index contributed by atoms with van der Waals surface area (Å²) in [5.41, 5.74) is 4.47. The number of benzene rings is 2. The van der Waals surface area contributed by atoms with Crippen LogP contribution in [0, 0.1) is 0 Å². The van der Waals surface area contributed by atoms with Gasteiger partial charge in [-0.05, 0) is 41.3 Å². The molecule has 1 aliphatic carbocycles. The second-order valence-corrected chi connectivity index (χ2v) is 6.72. The highest BCUT2D eigenvalue weighted by atomic mass is 16.3. The molecule has 0 radical (unpaired) electrons. The highest BCUT2D eigenvalue weighted by molar-refractivity contribution is 5.99. The second kappa shape index (κ2) is 6.01. The molecule has 0 spiro atoms. The van der Waals surface area contributed by atoms with Crippen molar-refractivity contribution in [3.63, 3.8) is 0 Å². The first-order valence-electron chi connectivity index (χ1n) is 8.51. The van der Waals surface area contributed by atoms with E-state index in [0.29, 0.717) is 24.8 Å². The Bertz CT molecular complexity index is 862. The summed E-state index contributed by atoms with van der Waals surface area (Å²) in [6.07, 6.45) is 1.05. The molecule has 0 saturated heterocycles. The van der Waals surface area contributed by atoms with Crippen LogP contribution in [0.25, 0.3) is 0 Å². The van der Waals surface area contributed by atoms with E-state index in [0.717, 1.165) is 22.4 Å². The molecule has 2 aliphatic rings. The van der Waals surface area contributed by atoms with E-state index in [1.165, 1.54) is 0 Å². The van der Waals surface area contributed by atoms with Crippen molar-refractivity contribution in [1.82, 2.24) is 5.32 Å². The van der Waals surface area contributed by atoms with Gasteiger partial charge in [-0.1, -0.05) is 24.3 Å². The molecule has 25 heavy (non-hydrogen) atoms. The quantitative estimate of drug-likeness (QED) is 0.881. The van der Waals surface area contributed by atoms with Crippen molar-refractivity contribution >= 4 is 17.5 Å². The van der Waals surface area contributed by atoms with E-state index in [4.69, 9.17) is 0 Å². The van der Waals surface area contributed by atoms with Crippen molar-refractivity contribution in [3.8, 4) is 0 Å². The molecular weight excluding hydrogens is 316 g/mol. The number of hydrogen-bond donors (Lipinski definition) is 2. The van der Waals surface area contributed by atoms with E-state index in [1.54, 1.807) is 18.0 Å². The van der Waals surface area contributed by atoms with Crippen molar-refractivity contribution in [2.75, 3.05) is 11.9 Å². The SMILES string of the molecule is CN1C(=O)CCc2cc(C(=O)NC3c4ccccc4CC3O)ccc21. The first kappa shape index (κ1) is 15.8. The topological polar surface area (TPSA) is 69.6 Å². The second-order valence-electron chi connectivity index (χ2n) is 6.72. The number of amides is 2. The Kier molecular flexibility index (Phi) is 3.81. The highest BCUT2D eigenvalue weighted by Gasteiger charge is 2.32. The standard InChI is InChI=1S/C20H20N2O3/c1-22-16-8-6-14(10-13(16)7-9-18(22)24)20(25)21-19-15-5-3-2-4-12(15)11-17(19)23/h2-6,8,10,17,19,23H,7,9,11H2,1H3,(H,21,25). The van der Waals surface area contributed by atoms with E-state index in [2.05, 4.69) is 5.32 Å². The van der Waals surface area contributed by atoms with Crippen LogP contribution in [0.4, 0.5) is 5.69 Å². The Morgan fingerprint density at radius 2 is 1.96 bits per heavy atom. The molecule has 0 bridgehead atoms. The maximum atomic E-state index is 12.7. The van der Waals surface area contributed by atoms with Gasteiger partial charge in [0, 0.05) is 31.1 Å². The van der Waals surface area contributed by atoms with Crippen LogP contribution in [0.1, 0.15) is 39.5 Å². The predicted octanol–water partition coefficient (Wildman–Crippen LogP) is 1.98. The minimum atomic E-state index is -0.609. The molecule has 5 nitrogen and oxygen atoms in total. The summed E-state index contributed by atoms with van der Waals surface area (Å²) in [5.74, 6) is -0.113. The van der Waals surface area contributed by atoms with Gasteiger partial charge in [-0.2, -0.15) is 0 Å². The average Bonchev–Trinajstić information content (AvgIpc) is 2.93. The van der Waals surface area contributed by atoms with Gasteiger partial charge in [0.05, 0.1) is 12.1 Å². The number of hydrogen-bond acceptors (Lipinski definition) is 3. The largest absolute Gasteiger partial charge is 0.390 e. The van der Waals surface area contributed by atoms with Gasteiger partial charge in [0.25, 0.3) is 5.91 Å². The number of aliphatic hydroxyl groups is 1. The zero-order chi connectivity index (χ0) is 17.6. The number of fused-ring (bicyclic) bond motifs is 2. The van der Waals surface area contributed by atoms with E-state index in [9.17, 15) is 14.7 Å². The van der Waals surface area contributed by atoms with Gasteiger partial charge in [-0.25, -0.2) is 0 Å². The number of carbonyl (C=O) groups excluding carboxylic acids is 2. The van der Waals surface area contributed by atoms with Crippen LogP contribution in [0.15, 0.2) is 42.5 Å². The lowest BCUT2D eigenvalue weighted by atomic mass is 9.98. The Morgan fingerprint density at radius 3 is 2.80 bits per heavy atom. The van der Waals surface area contributed by atoms with Crippen LogP contribution in [0.3, 0.4) is 0 Å². The molecule has 2 amide bonds. The third-order valence-electron chi connectivity index (χ3n) is 5.18. The summed E-state index contributed by atoms with van der Waals surface area (Å²) in [6, 6.07) is 12.8. The van der Waals surface area contributed by atoms with Crippen molar-refractivity contribution in [2.24, 2.45) is 0 Å². The third kappa shape index (κ3) is 2.70. The molecule has 1 aliphatic heterocycles. The summed E-state index contributed by atoms with van der Waals surface area (Å²) in [4.78, 5) is 26.1. The number of rotatable bonds is 2. The van der Waals surface area contributed by atoms with Crippen molar-refractivity contribution in [1.29, 1.82) is 0 Å². The first-order chi connectivity index (χ1) is 12.0. The minimum Gasteiger partial charge on any atom is -0.390 e. The predicted molar refractivity (Wildman–Crippen MR) is 94.5 cm³/mol. The van der Waals surface area contributed by atoms with Crippen LogP contribution in [0.2, 0.25) is 0 Å². The fraction of sp³-hybridized carbons (Fsp3) is 0.300. The number of carbonyl (C=O) groups is 2. The lowest BCUT2D eigenvalue weighted by Gasteiger charge is -2.26. The molecule has 0 aromatic heterocycles. The zero-order valence-corrected chi connectivity index (χ0v) is 14.0. The Hall–Kier alpha value is -2.66. The molecular formula is C20H20N2O3. The Morgan fingerprint density at radius 1 is 1.16 bits per heavy atom. The fourth-order valence-electron chi connectivity index (χ4n) is 3.77. The summed E-state index contributed by atoms with van der Waals surface area (Å²) in [5, 5.41) is 13.3. The summed E-state index contributed by atoms with van der Waals surface area (Å²) in [7, 11) is 1.76. The van der Waals surface area contributed by atoms with E-state index in [-0.39, 0.29) is 17.9 Å². The Labute approximate surface area is 146 Å². The average molecular weight is 336 g/mol. The summed E-state index contributed by atoms with van der Waals surface area (Å²) < 4.78 is 0. The number of anilines is 1. The Balaban J connectivity index is 1.57. The molecule has 2 N–H and O–H groups in total. The van der Waals surface area contributed by atoms with Crippen LogP contribution < -0.4 is 10.2 Å². The number of aryl methyl sites for hydroxylation is 1. The van der Waals surface area contributed by atoms with E-state index < -0.39 is 6.10 Å². The van der Waals surface area contributed by atoms with Gasteiger partial charge in [0.15, 0.2) is 0 Å². The molecule has 128 valence electrons. The number of nitrogens with zero attached hydrogens (tertiary/aromatic N) is 1. The molecule has 0 saturated carbocycles. The normalized spacial score (nSPS) is 21.7. The molecule has 1 heterocycles. The molecule has 2 aromatic carbocycles. The maximum absolute atomic E-state index is 12.7. The van der Waals surface area contributed by atoms with Crippen LogP contribution in [0.5, 0.6) is 0 Å².